The monoisotopic (exact) mass is 241 g/mol. The molecule has 1 atom stereocenters. The smallest absolute Gasteiger partial charge is 0.0794 e. The second-order valence-electron chi connectivity index (χ2n) is 5.01. The third-order valence-electron chi connectivity index (χ3n) is 3.00. The maximum atomic E-state index is 5.79. The summed E-state index contributed by atoms with van der Waals surface area (Å²) in [5, 5.41) is 0. The van der Waals surface area contributed by atoms with Crippen LogP contribution in [0, 0.1) is 5.41 Å². The van der Waals surface area contributed by atoms with Crippen LogP contribution in [-0.4, -0.2) is 29.5 Å². The Morgan fingerprint density at radius 1 is 1.56 bits per heavy atom. The van der Waals surface area contributed by atoms with Gasteiger partial charge in [0.25, 0.3) is 0 Å². The van der Waals surface area contributed by atoms with Gasteiger partial charge in [0, 0.05) is 23.7 Å². The molecule has 0 saturated heterocycles. The van der Waals surface area contributed by atoms with Crippen molar-refractivity contribution in [3.8, 4) is 0 Å². The van der Waals surface area contributed by atoms with E-state index in [1.54, 1.807) is 11.3 Å². The van der Waals surface area contributed by atoms with Gasteiger partial charge < -0.3 is 5.73 Å². The maximum Gasteiger partial charge on any atom is 0.0794 e. The van der Waals surface area contributed by atoms with E-state index in [4.69, 9.17) is 5.73 Å². The van der Waals surface area contributed by atoms with Crippen LogP contribution in [0.25, 0.3) is 0 Å². The number of aromatic nitrogens is 1. The highest BCUT2D eigenvalue weighted by Crippen LogP contribution is 2.26. The van der Waals surface area contributed by atoms with E-state index >= 15 is 0 Å². The van der Waals surface area contributed by atoms with Crippen molar-refractivity contribution in [2.75, 3.05) is 19.6 Å². The Morgan fingerprint density at radius 2 is 2.25 bits per heavy atom. The van der Waals surface area contributed by atoms with Gasteiger partial charge in [0.15, 0.2) is 0 Å². The van der Waals surface area contributed by atoms with E-state index in [2.05, 4.69) is 37.6 Å². The molecule has 3 nitrogen and oxygen atoms in total. The first kappa shape index (κ1) is 13.6. The Hall–Kier alpha value is -0.450. The molecule has 0 bridgehead atoms. The molecule has 0 radical (unpaired) electrons. The SMILES string of the molecule is CCN(CC(C)(C)CN)C(C)c1cncs1. The summed E-state index contributed by atoms with van der Waals surface area (Å²) in [4.78, 5) is 7.93. The van der Waals surface area contributed by atoms with E-state index in [1.807, 2.05) is 11.7 Å². The molecule has 1 aromatic rings. The second-order valence-corrected chi connectivity index (χ2v) is 5.93. The molecule has 0 aliphatic rings. The fraction of sp³-hybridized carbons (Fsp3) is 0.750. The van der Waals surface area contributed by atoms with Crippen molar-refractivity contribution in [2.45, 2.75) is 33.7 Å². The van der Waals surface area contributed by atoms with Crippen molar-refractivity contribution < 1.29 is 0 Å². The minimum Gasteiger partial charge on any atom is -0.330 e. The first-order valence-electron chi connectivity index (χ1n) is 5.82. The molecule has 16 heavy (non-hydrogen) atoms. The van der Waals surface area contributed by atoms with Crippen LogP contribution >= 0.6 is 11.3 Å². The van der Waals surface area contributed by atoms with Crippen molar-refractivity contribution in [1.29, 1.82) is 0 Å². The van der Waals surface area contributed by atoms with Crippen molar-refractivity contribution in [2.24, 2.45) is 11.1 Å². The van der Waals surface area contributed by atoms with Crippen LogP contribution in [0.5, 0.6) is 0 Å². The molecule has 4 heteroatoms. The fourth-order valence-corrected chi connectivity index (χ4v) is 2.46. The molecule has 1 rings (SSSR count). The molecule has 0 saturated carbocycles. The summed E-state index contributed by atoms with van der Waals surface area (Å²) >= 11 is 1.72. The van der Waals surface area contributed by atoms with Gasteiger partial charge in [-0.1, -0.05) is 20.8 Å². The summed E-state index contributed by atoms with van der Waals surface area (Å²) in [6.45, 7) is 11.7. The van der Waals surface area contributed by atoms with Crippen LogP contribution in [-0.2, 0) is 0 Å². The summed E-state index contributed by atoms with van der Waals surface area (Å²) in [5.41, 5.74) is 7.86. The predicted molar refractivity (Wildman–Crippen MR) is 70.6 cm³/mol. The van der Waals surface area contributed by atoms with Gasteiger partial charge in [-0.3, -0.25) is 9.88 Å². The quantitative estimate of drug-likeness (QED) is 0.832. The van der Waals surface area contributed by atoms with Gasteiger partial charge in [-0.15, -0.1) is 11.3 Å². The third-order valence-corrected chi connectivity index (χ3v) is 3.95. The van der Waals surface area contributed by atoms with E-state index in [0.717, 1.165) is 19.6 Å². The molecule has 0 fully saturated rings. The average molecular weight is 241 g/mol. The lowest BCUT2D eigenvalue weighted by atomic mass is 9.92. The molecule has 1 unspecified atom stereocenters. The van der Waals surface area contributed by atoms with Gasteiger partial charge in [0.05, 0.1) is 5.51 Å². The highest BCUT2D eigenvalue weighted by Gasteiger charge is 2.23. The highest BCUT2D eigenvalue weighted by atomic mass is 32.1. The van der Waals surface area contributed by atoms with E-state index in [-0.39, 0.29) is 5.41 Å². The summed E-state index contributed by atoms with van der Waals surface area (Å²) < 4.78 is 0. The van der Waals surface area contributed by atoms with Crippen molar-refractivity contribution in [3.63, 3.8) is 0 Å². The topological polar surface area (TPSA) is 42.1 Å². The predicted octanol–water partition coefficient (Wildman–Crippen LogP) is 2.51. The zero-order valence-electron chi connectivity index (χ0n) is 10.7. The van der Waals surface area contributed by atoms with Crippen LogP contribution in [0.4, 0.5) is 0 Å². The Labute approximate surface area is 103 Å². The first-order valence-corrected chi connectivity index (χ1v) is 6.70. The number of rotatable bonds is 6. The van der Waals surface area contributed by atoms with E-state index in [1.165, 1.54) is 4.88 Å². The molecule has 0 spiro atoms. The molecule has 0 aromatic carbocycles. The number of hydrogen-bond acceptors (Lipinski definition) is 4. The number of thiazole rings is 1. The summed E-state index contributed by atoms with van der Waals surface area (Å²) in [6, 6.07) is 0.434. The van der Waals surface area contributed by atoms with E-state index in [9.17, 15) is 0 Å². The van der Waals surface area contributed by atoms with Crippen molar-refractivity contribution in [1.82, 2.24) is 9.88 Å². The van der Waals surface area contributed by atoms with Crippen LogP contribution in [0.1, 0.15) is 38.6 Å². The third kappa shape index (κ3) is 3.54. The Balaban J connectivity index is 2.68. The molecule has 1 aromatic heterocycles. The Morgan fingerprint density at radius 3 is 2.69 bits per heavy atom. The van der Waals surface area contributed by atoms with E-state index in [0.29, 0.717) is 6.04 Å². The van der Waals surface area contributed by atoms with Crippen LogP contribution in [0.15, 0.2) is 11.7 Å². The van der Waals surface area contributed by atoms with Crippen LogP contribution < -0.4 is 5.73 Å². The lowest BCUT2D eigenvalue weighted by Gasteiger charge is -2.34. The Kier molecular flexibility index (Phi) is 4.89. The molecule has 0 aliphatic carbocycles. The van der Waals surface area contributed by atoms with Gasteiger partial charge in [0.2, 0.25) is 0 Å². The largest absolute Gasteiger partial charge is 0.330 e. The van der Waals surface area contributed by atoms with Gasteiger partial charge in [-0.05, 0) is 25.4 Å². The zero-order chi connectivity index (χ0) is 12.2. The zero-order valence-corrected chi connectivity index (χ0v) is 11.5. The number of nitrogens with zero attached hydrogens (tertiary/aromatic N) is 2. The number of nitrogens with two attached hydrogens (primary N) is 1. The first-order chi connectivity index (χ1) is 7.50. The van der Waals surface area contributed by atoms with Crippen LogP contribution in [0.3, 0.4) is 0 Å². The molecule has 1 heterocycles. The molecule has 92 valence electrons. The van der Waals surface area contributed by atoms with Gasteiger partial charge in [-0.25, -0.2) is 0 Å². The molecular weight excluding hydrogens is 218 g/mol. The lowest BCUT2D eigenvalue weighted by molar-refractivity contribution is 0.149. The minimum atomic E-state index is 0.176. The molecule has 2 N–H and O–H groups in total. The maximum absolute atomic E-state index is 5.79. The van der Waals surface area contributed by atoms with Crippen LogP contribution in [0.2, 0.25) is 0 Å². The lowest BCUT2D eigenvalue weighted by Crippen LogP contribution is -2.39. The highest BCUT2D eigenvalue weighted by molar-refractivity contribution is 7.09. The number of hydrogen-bond donors (Lipinski definition) is 1. The van der Waals surface area contributed by atoms with Crippen molar-refractivity contribution in [3.05, 3.63) is 16.6 Å². The minimum absolute atomic E-state index is 0.176. The van der Waals surface area contributed by atoms with E-state index < -0.39 is 0 Å². The van der Waals surface area contributed by atoms with Gasteiger partial charge in [-0.2, -0.15) is 0 Å². The molecule has 0 amide bonds. The van der Waals surface area contributed by atoms with Gasteiger partial charge >= 0.3 is 0 Å². The Bertz CT molecular complexity index is 295. The molecular formula is C12H23N3S. The summed E-state index contributed by atoms with van der Waals surface area (Å²) in [7, 11) is 0. The fourth-order valence-electron chi connectivity index (χ4n) is 1.75. The summed E-state index contributed by atoms with van der Waals surface area (Å²) in [6.07, 6.45) is 1.97. The second kappa shape index (κ2) is 5.75. The summed E-state index contributed by atoms with van der Waals surface area (Å²) in [5.74, 6) is 0. The average Bonchev–Trinajstić information content (AvgIpc) is 2.78. The van der Waals surface area contributed by atoms with Gasteiger partial charge in [0.1, 0.15) is 0 Å². The van der Waals surface area contributed by atoms with Crippen molar-refractivity contribution >= 4 is 11.3 Å². The molecule has 0 aliphatic heterocycles. The standard InChI is InChI=1S/C12H23N3S/c1-5-15(8-12(3,4)7-13)10(2)11-6-14-9-16-11/h6,9-10H,5,7-8,13H2,1-4H3. The normalized spacial score (nSPS) is 14.4.